The standard InChI is InChI=1S/C17H22N2O2/c1-12-4-7-15(8-5-12)17(20)19-11-10-18-14(3)16-9-6-13(2)21-16/h4-9,14,18H,10-11H2,1-3H3,(H,19,20). The normalized spacial score (nSPS) is 12.1. The minimum Gasteiger partial charge on any atom is -0.465 e. The van der Waals surface area contributed by atoms with Crippen LogP contribution in [0.25, 0.3) is 0 Å². The van der Waals surface area contributed by atoms with E-state index < -0.39 is 0 Å². The molecule has 21 heavy (non-hydrogen) atoms. The number of hydrogen-bond donors (Lipinski definition) is 2. The number of aryl methyl sites for hydroxylation is 2. The van der Waals surface area contributed by atoms with Crippen molar-refractivity contribution in [2.24, 2.45) is 0 Å². The molecule has 2 rings (SSSR count). The summed E-state index contributed by atoms with van der Waals surface area (Å²) in [6, 6.07) is 11.6. The lowest BCUT2D eigenvalue weighted by atomic mass is 10.1. The molecule has 0 spiro atoms. The number of carbonyl (C=O) groups excluding carboxylic acids is 1. The van der Waals surface area contributed by atoms with Crippen LogP contribution in [-0.4, -0.2) is 19.0 Å². The fraction of sp³-hybridized carbons (Fsp3) is 0.353. The van der Waals surface area contributed by atoms with Crippen molar-refractivity contribution >= 4 is 5.91 Å². The predicted molar refractivity (Wildman–Crippen MR) is 83.4 cm³/mol. The van der Waals surface area contributed by atoms with Gasteiger partial charge in [0.2, 0.25) is 0 Å². The first-order valence-corrected chi connectivity index (χ1v) is 7.21. The van der Waals surface area contributed by atoms with Crippen LogP contribution < -0.4 is 10.6 Å². The van der Waals surface area contributed by atoms with Gasteiger partial charge < -0.3 is 15.1 Å². The predicted octanol–water partition coefficient (Wildman–Crippen LogP) is 2.98. The lowest BCUT2D eigenvalue weighted by molar-refractivity contribution is 0.0953. The summed E-state index contributed by atoms with van der Waals surface area (Å²) in [6.45, 7) is 7.25. The van der Waals surface area contributed by atoms with E-state index in [1.54, 1.807) is 0 Å². The van der Waals surface area contributed by atoms with Crippen LogP contribution in [0.15, 0.2) is 40.8 Å². The monoisotopic (exact) mass is 286 g/mol. The van der Waals surface area contributed by atoms with E-state index in [1.807, 2.05) is 57.2 Å². The minimum absolute atomic E-state index is 0.0432. The molecule has 1 unspecified atom stereocenters. The van der Waals surface area contributed by atoms with Crippen LogP contribution in [0, 0.1) is 13.8 Å². The number of carbonyl (C=O) groups is 1. The van der Waals surface area contributed by atoms with Crippen molar-refractivity contribution in [1.29, 1.82) is 0 Å². The Morgan fingerprint density at radius 2 is 1.81 bits per heavy atom. The van der Waals surface area contributed by atoms with Gasteiger partial charge in [-0.05, 0) is 45.0 Å². The molecular weight excluding hydrogens is 264 g/mol. The maximum atomic E-state index is 11.9. The fourth-order valence-electron chi connectivity index (χ4n) is 2.06. The van der Waals surface area contributed by atoms with E-state index in [9.17, 15) is 4.79 Å². The van der Waals surface area contributed by atoms with Crippen LogP contribution in [0.3, 0.4) is 0 Å². The average molecular weight is 286 g/mol. The molecule has 4 nitrogen and oxygen atoms in total. The van der Waals surface area contributed by atoms with Crippen molar-refractivity contribution in [3.8, 4) is 0 Å². The number of furan rings is 1. The third-order valence-corrected chi connectivity index (χ3v) is 3.36. The Morgan fingerprint density at radius 3 is 2.43 bits per heavy atom. The lowest BCUT2D eigenvalue weighted by Gasteiger charge is -2.12. The summed E-state index contributed by atoms with van der Waals surface area (Å²) in [7, 11) is 0. The van der Waals surface area contributed by atoms with E-state index in [-0.39, 0.29) is 11.9 Å². The molecule has 0 saturated heterocycles. The Kier molecular flexibility index (Phi) is 5.17. The van der Waals surface area contributed by atoms with Crippen molar-refractivity contribution in [3.63, 3.8) is 0 Å². The van der Waals surface area contributed by atoms with Gasteiger partial charge in [-0.15, -0.1) is 0 Å². The molecule has 1 atom stereocenters. The van der Waals surface area contributed by atoms with Crippen molar-refractivity contribution < 1.29 is 9.21 Å². The van der Waals surface area contributed by atoms with E-state index in [2.05, 4.69) is 10.6 Å². The summed E-state index contributed by atoms with van der Waals surface area (Å²) < 4.78 is 5.55. The maximum Gasteiger partial charge on any atom is 0.251 e. The molecule has 0 fully saturated rings. The first-order valence-electron chi connectivity index (χ1n) is 7.21. The van der Waals surface area contributed by atoms with E-state index in [0.29, 0.717) is 18.7 Å². The van der Waals surface area contributed by atoms with Crippen LogP contribution in [0.5, 0.6) is 0 Å². The van der Waals surface area contributed by atoms with Gasteiger partial charge in [-0.3, -0.25) is 4.79 Å². The molecule has 2 N–H and O–H groups in total. The summed E-state index contributed by atoms with van der Waals surface area (Å²) in [5.41, 5.74) is 1.84. The van der Waals surface area contributed by atoms with Crippen molar-refractivity contribution in [1.82, 2.24) is 10.6 Å². The SMILES string of the molecule is Cc1ccc(C(=O)NCCNC(C)c2ccc(C)o2)cc1. The molecule has 1 heterocycles. The topological polar surface area (TPSA) is 54.3 Å². The molecule has 0 radical (unpaired) electrons. The Bertz CT molecular complexity index is 587. The Morgan fingerprint density at radius 1 is 1.10 bits per heavy atom. The molecular formula is C17H22N2O2. The summed E-state index contributed by atoms with van der Waals surface area (Å²) in [5, 5.41) is 6.22. The third-order valence-electron chi connectivity index (χ3n) is 3.36. The number of amides is 1. The maximum absolute atomic E-state index is 11.9. The zero-order chi connectivity index (χ0) is 15.2. The van der Waals surface area contributed by atoms with Gasteiger partial charge >= 0.3 is 0 Å². The number of hydrogen-bond acceptors (Lipinski definition) is 3. The van der Waals surface area contributed by atoms with Crippen LogP contribution in [0.4, 0.5) is 0 Å². The second kappa shape index (κ2) is 7.09. The average Bonchev–Trinajstić information content (AvgIpc) is 2.90. The molecule has 0 bridgehead atoms. The molecule has 0 aliphatic carbocycles. The Labute approximate surface area is 125 Å². The molecule has 0 saturated carbocycles. The highest BCUT2D eigenvalue weighted by molar-refractivity contribution is 5.94. The summed E-state index contributed by atoms with van der Waals surface area (Å²) >= 11 is 0. The zero-order valence-corrected chi connectivity index (χ0v) is 12.8. The van der Waals surface area contributed by atoms with Gasteiger partial charge in [-0.2, -0.15) is 0 Å². The van der Waals surface area contributed by atoms with E-state index >= 15 is 0 Å². The Balaban J connectivity index is 1.72. The van der Waals surface area contributed by atoms with Crippen LogP contribution in [0.2, 0.25) is 0 Å². The molecule has 0 aliphatic rings. The highest BCUT2D eigenvalue weighted by Gasteiger charge is 2.09. The van der Waals surface area contributed by atoms with E-state index in [0.717, 1.165) is 17.1 Å². The van der Waals surface area contributed by atoms with Gasteiger partial charge in [0.1, 0.15) is 11.5 Å². The quantitative estimate of drug-likeness (QED) is 0.803. The van der Waals surface area contributed by atoms with Crippen molar-refractivity contribution in [2.45, 2.75) is 26.8 Å². The third kappa shape index (κ3) is 4.46. The summed E-state index contributed by atoms with van der Waals surface area (Å²) in [4.78, 5) is 11.9. The molecule has 2 aromatic rings. The molecule has 1 amide bonds. The van der Waals surface area contributed by atoms with Gasteiger partial charge in [-0.1, -0.05) is 17.7 Å². The van der Waals surface area contributed by atoms with Gasteiger partial charge in [0.15, 0.2) is 0 Å². The van der Waals surface area contributed by atoms with Crippen LogP contribution >= 0.6 is 0 Å². The van der Waals surface area contributed by atoms with Crippen LogP contribution in [0.1, 0.15) is 40.4 Å². The molecule has 112 valence electrons. The fourth-order valence-corrected chi connectivity index (χ4v) is 2.06. The number of rotatable bonds is 6. The lowest BCUT2D eigenvalue weighted by Crippen LogP contribution is -2.32. The largest absolute Gasteiger partial charge is 0.465 e. The summed E-state index contributed by atoms with van der Waals surface area (Å²) in [5.74, 6) is 1.78. The van der Waals surface area contributed by atoms with Gasteiger partial charge in [0.25, 0.3) is 5.91 Å². The zero-order valence-electron chi connectivity index (χ0n) is 12.8. The van der Waals surface area contributed by atoms with E-state index in [1.165, 1.54) is 0 Å². The second-order valence-corrected chi connectivity index (χ2v) is 5.25. The molecule has 1 aromatic heterocycles. The first-order chi connectivity index (χ1) is 10.1. The van der Waals surface area contributed by atoms with Gasteiger partial charge in [0.05, 0.1) is 6.04 Å². The van der Waals surface area contributed by atoms with Crippen molar-refractivity contribution in [3.05, 3.63) is 59.0 Å². The van der Waals surface area contributed by atoms with Crippen molar-refractivity contribution in [2.75, 3.05) is 13.1 Å². The smallest absolute Gasteiger partial charge is 0.251 e. The second-order valence-electron chi connectivity index (χ2n) is 5.25. The molecule has 1 aromatic carbocycles. The van der Waals surface area contributed by atoms with Crippen LogP contribution in [-0.2, 0) is 0 Å². The highest BCUT2D eigenvalue weighted by atomic mass is 16.3. The molecule has 4 heteroatoms. The summed E-state index contributed by atoms with van der Waals surface area (Å²) in [6.07, 6.45) is 0. The van der Waals surface area contributed by atoms with Gasteiger partial charge in [0, 0.05) is 18.7 Å². The van der Waals surface area contributed by atoms with Gasteiger partial charge in [-0.25, -0.2) is 0 Å². The van der Waals surface area contributed by atoms with E-state index in [4.69, 9.17) is 4.42 Å². The Hall–Kier alpha value is -2.07. The molecule has 0 aliphatic heterocycles. The first kappa shape index (κ1) is 15.3. The highest BCUT2D eigenvalue weighted by Crippen LogP contribution is 2.14. The number of nitrogens with one attached hydrogen (secondary N) is 2. The minimum atomic E-state index is -0.0432. The number of benzene rings is 1.